The van der Waals surface area contributed by atoms with Crippen LogP contribution in [0, 0.1) is 6.92 Å². The molecule has 3 heteroatoms. The zero-order chi connectivity index (χ0) is 11.2. The lowest BCUT2D eigenvalue weighted by molar-refractivity contribution is 0.148. The summed E-state index contributed by atoms with van der Waals surface area (Å²) in [6.45, 7) is 5.45. The smallest absolute Gasteiger partial charge is 0.0689 e. The SMILES string of the molecule is Cc1cccnc1CNCC1=CCCOC1. The van der Waals surface area contributed by atoms with Gasteiger partial charge in [0.25, 0.3) is 0 Å². The van der Waals surface area contributed by atoms with Crippen molar-refractivity contribution in [3.63, 3.8) is 0 Å². The lowest BCUT2D eigenvalue weighted by Gasteiger charge is -2.14. The van der Waals surface area contributed by atoms with Gasteiger partial charge in [-0.3, -0.25) is 4.98 Å². The summed E-state index contributed by atoms with van der Waals surface area (Å²) in [5.41, 5.74) is 3.71. The van der Waals surface area contributed by atoms with Crippen molar-refractivity contribution in [2.45, 2.75) is 19.9 Å². The van der Waals surface area contributed by atoms with E-state index in [0.29, 0.717) is 0 Å². The fraction of sp³-hybridized carbons (Fsp3) is 0.462. The van der Waals surface area contributed by atoms with Crippen molar-refractivity contribution in [1.29, 1.82) is 0 Å². The lowest BCUT2D eigenvalue weighted by atomic mass is 10.2. The van der Waals surface area contributed by atoms with Crippen LogP contribution in [0.1, 0.15) is 17.7 Å². The Bertz CT molecular complexity index is 374. The van der Waals surface area contributed by atoms with E-state index in [2.05, 4.69) is 29.4 Å². The summed E-state index contributed by atoms with van der Waals surface area (Å²) in [7, 11) is 0. The Labute approximate surface area is 96.5 Å². The van der Waals surface area contributed by atoms with E-state index in [-0.39, 0.29) is 0 Å². The highest BCUT2D eigenvalue weighted by atomic mass is 16.5. The highest BCUT2D eigenvalue weighted by molar-refractivity contribution is 5.17. The number of ether oxygens (including phenoxy) is 1. The molecule has 2 rings (SSSR count). The zero-order valence-corrected chi connectivity index (χ0v) is 9.70. The Balaban J connectivity index is 1.80. The van der Waals surface area contributed by atoms with E-state index in [1.807, 2.05) is 12.3 Å². The Morgan fingerprint density at radius 1 is 1.44 bits per heavy atom. The number of nitrogens with one attached hydrogen (secondary N) is 1. The van der Waals surface area contributed by atoms with E-state index in [4.69, 9.17) is 4.74 Å². The number of pyridine rings is 1. The van der Waals surface area contributed by atoms with E-state index in [0.717, 1.165) is 38.4 Å². The van der Waals surface area contributed by atoms with E-state index in [1.54, 1.807) is 0 Å². The van der Waals surface area contributed by atoms with Gasteiger partial charge in [-0.2, -0.15) is 0 Å². The van der Waals surface area contributed by atoms with Crippen LogP contribution in [0.15, 0.2) is 30.0 Å². The number of aromatic nitrogens is 1. The summed E-state index contributed by atoms with van der Waals surface area (Å²) < 4.78 is 5.38. The summed E-state index contributed by atoms with van der Waals surface area (Å²) in [4.78, 5) is 4.35. The largest absolute Gasteiger partial charge is 0.377 e. The average molecular weight is 218 g/mol. The molecule has 0 atom stereocenters. The minimum Gasteiger partial charge on any atom is -0.377 e. The second-order valence-corrected chi connectivity index (χ2v) is 4.07. The minimum absolute atomic E-state index is 0.772. The van der Waals surface area contributed by atoms with Crippen LogP contribution in [0.25, 0.3) is 0 Å². The van der Waals surface area contributed by atoms with Crippen LogP contribution in [0.5, 0.6) is 0 Å². The van der Waals surface area contributed by atoms with Crippen molar-refractivity contribution in [1.82, 2.24) is 10.3 Å². The van der Waals surface area contributed by atoms with Gasteiger partial charge in [0.05, 0.1) is 18.9 Å². The lowest BCUT2D eigenvalue weighted by Crippen LogP contribution is -2.21. The molecule has 0 saturated carbocycles. The highest BCUT2D eigenvalue weighted by Crippen LogP contribution is 2.05. The van der Waals surface area contributed by atoms with Gasteiger partial charge < -0.3 is 10.1 Å². The zero-order valence-electron chi connectivity index (χ0n) is 9.70. The Morgan fingerprint density at radius 2 is 2.38 bits per heavy atom. The number of rotatable bonds is 4. The molecule has 0 radical (unpaired) electrons. The number of hydrogen-bond donors (Lipinski definition) is 1. The molecule has 1 aromatic heterocycles. The Morgan fingerprint density at radius 3 is 3.12 bits per heavy atom. The molecule has 3 nitrogen and oxygen atoms in total. The standard InChI is InChI=1S/C13H18N2O/c1-11-4-2-6-15-13(11)9-14-8-12-5-3-7-16-10-12/h2,4-6,14H,3,7-10H2,1H3. The first-order valence-corrected chi connectivity index (χ1v) is 5.73. The molecule has 2 heterocycles. The van der Waals surface area contributed by atoms with Crippen LogP contribution >= 0.6 is 0 Å². The summed E-state index contributed by atoms with van der Waals surface area (Å²) in [5, 5.41) is 3.40. The van der Waals surface area contributed by atoms with Crippen LogP contribution in [0.2, 0.25) is 0 Å². The van der Waals surface area contributed by atoms with E-state index >= 15 is 0 Å². The van der Waals surface area contributed by atoms with E-state index < -0.39 is 0 Å². The molecule has 1 aliphatic rings. The fourth-order valence-corrected chi connectivity index (χ4v) is 1.78. The van der Waals surface area contributed by atoms with Gasteiger partial charge in [-0.1, -0.05) is 12.1 Å². The molecular formula is C13H18N2O. The van der Waals surface area contributed by atoms with Gasteiger partial charge in [0.15, 0.2) is 0 Å². The molecule has 0 unspecified atom stereocenters. The fourth-order valence-electron chi connectivity index (χ4n) is 1.78. The van der Waals surface area contributed by atoms with Crippen LogP contribution in [0.4, 0.5) is 0 Å². The molecule has 0 saturated heterocycles. The van der Waals surface area contributed by atoms with Crippen molar-refractivity contribution in [3.8, 4) is 0 Å². The molecule has 0 aliphatic carbocycles. The first-order chi connectivity index (χ1) is 7.86. The van der Waals surface area contributed by atoms with E-state index in [1.165, 1.54) is 11.1 Å². The van der Waals surface area contributed by atoms with Gasteiger partial charge in [0, 0.05) is 19.3 Å². The summed E-state index contributed by atoms with van der Waals surface area (Å²) >= 11 is 0. The normalized spacial score (nSPS) is 15.9. The monoisotopic (exact) mass is 218 g/mol. The van der Waals surface area contributed by atoms with Crippen LogP contribution < -0.4 is 5.32 Å². The molecule has 0 aromatic carbocycles. The van der Waals surface area contributed by atoms with Crippen LogP contribution in [-0.2, 0) is 11.3 Å². The molecule has 86 valence electrons. The molecule has 1 aromatic rings. The van der Waals surface area contributed by atoms with Crippen molar-refractivity contribution < 1.29 is 4.74 Å². The second kappa shape index (κ2) is 5.77. The first-order valence-electron chi connectivity index (χ1n) is 5.73. The number of aryl methyl sites for hydroxylation is 1. The third kappa shape index (κ3) is 3.15. The topological polar surface area (TPSA) is 34.2 Å². The van der Waals surface area contributed by atoms with Crippen LogP contribution in [-0.4, -0.2) is 24.7 Å². The van der Waals surface area contributed by atoms with E-state index in [9.17, 15) is 0 Å². The third-order valence-electron chi connectivity index (χ3n) is 2.75. The molecule has 1 aliphatic heterocycles. The molecule has 0 fully saturated rings. The molecule has 16 heavy (non-hydrogen) atoms. The van der Waals surface area contributed by atoms with Gasteiger partial charge in [-0.15, -0.1) is 0 Å². The van der Waals surface area contributed by atoms with Gasteiger partial charge in [-0.05, 0) is 30.5 Å². The molecule has 0 amide bonds. The number of hydrogen-bond acceptors (Lipinski definition) is 3. The van der Waals surface area contributed by atoms with Crippen molar-refractivity contribution >= 4 is 0 Å². The van der Waals surface area contributed by atoms with Gasteiger partial charge in [0.2, 0.25) is 0 Å². The van der Waals surface area contributed by atoms with Crippen molar-refractivity contribution in [3.05, 3.63) is 41.2 Å². The summed E-state index contributed by atoms with van der Waals surface area (Å²) in [6, 6.07) is 4.06. The minimum atomic E-state index is 0.772. The maximum Gasteiger partial charge on any atom is 0.0689 e. The summed E-state index contributed by atoms with van der Waals surface area (Å²) in [5.74, 6) is 0. The van der Waals surface area contributed by atoms with Gasteiger partial charge >= 0.3 is 0 Å². The second-order valence-electron chi connectivity index (χ2n) is 4.07. The predicted octanol–water partition coefficient (Wildman–Crippen LogP) is 1.83. The molecular weight excluding hydrogens is 200 g/mol. The maximum absolute atomic E-state index is 5.38. The molecule has 0 spiro atoms. The molecule has 1 N–H and O–H groups in total. The van der Waals surface area contributed by atoms with Gasteiger partial charge in [-0.25, -0.2) is 0 Å². The third-order valence-corrected chi connectivity index (χ3v) is 2.75. The van der Waals surface area contributed by atoms with Gasteiger partial charge in [0.1, 0.15) is 0 Å². The van der Waals surface area contributed by atoms with Crippen molar-refractivity contribution in [2.24, 2.45) is 0 Å². The quantitative estimate of drug-likeness (QED) is 0.783. The average Bonchev–Trinajstić information content (AvgIpc) is 2.33. The number of nitrogens with zero attached hydrogens (tertiary/aromatic N) is 1. The first kappa shape index (κ1) is 11.3. The van der Waals surface area contributed by atoms with Crippen molar-refractivity contribution in [2.75, 3.05) is 19.8 Å². The highest BCUT2D eigenvalue weighted by Gasteiger charge is 2.03. The summed E-state index contributed by atoms with van der Waals surface area (Å²) in [6.07, 6.45) is 5.15. The van der Waals surface area contributed by atoms with Crippen LogP contribution in [0.3, 0.4) is 0 Å². The Hall–Kier alpha value is -1.19. The maximum atomic E-state index is 5.38. The molecule has 0 bridgehead atoms. The predicted molar refractivity (Wildman–Crippen MR) is 64.2 cm³/mol. The Kier molecular flexibility index (Phi) is 4.08.